The van der Waals surface area contributed by atoms with Crippen molar-refractivity contribution in [1.29, 1.82) is 0 Å². The minimum absolute atomic E-state index is 0.963. The average molecular weight is 253 g/mol. The normalized spacial score (nSPS) is 11.6. The number of thiazole rings is 1. The lowest BCUT2D eigenvalue weighted by Crippen LogP contribution is -2.16. The number of hydrogen-bond donors (Lipinski definition) is 1. The largest absolute Gasteiger partial charge is 0.361 e. The monoisotopic (exact) mass is 253 g/mol. The van der Waals surface area contributed by atoms with Crippen molar-refractivity contribution < 1.29 is 0 Å². The molecule has 0 saturated carbocycles. The maximum Gasteiger partial charge on any atom is 0.185 e. The van der Waals surface area contributed by atoms with E-state index in [-0.39, 0.29) is 0 Å². The van der Waals surface area contributed by atoms with Gasteiger partial charge in [0.05, 0.1) is 10.4 Å². The van der Waals surface area contributed by atoms with E-state index in [1.807, 2.05) is 18.7 Å². The van der Waals surface area contributed by atoms with Crippen molar-refractivity contribution in [2.24, 2.45) is 7.05 Å². The van der Waals surface area contributed by atoms with Crippen molar-refractivity contribution in [3.8, 4) is 0 Å². The molecular weight excluding hydrogens is 234 g/mol. The average Bonchev–Trinajstić information content (AvgIpc) is 2.77. The summed E-state index contributed by atoms with van der Waals surface area (Å²) in [5, 5.41) is 8.71. The van der Waals surface area contributed by atoms with Crippen LogP contribution >= 0.6 is 11.3 Å². The zero-order valence-corrected chi connectivity index (χ0v) is 11.6. The number of aromatic nitrogens is 3. The van der Waals surface area contributed by atoms with Crippen LogP contribution in [0.5, 0.6) is 0 Å². The van der Waals surface area contributed by atoms with Gasteiger partial charge in [-0.25, -0.2) is 9.67 Å². The second-order valence-corrected chi connectivity index (χ2v) is 5.46. The summed E-state index contributed by atoms with van der Waals surface area (Å²) in [5.74, 6) is 0. The lowest BCUT2D eigenvalue weighted by atomic mass is 10.4. The minimum atomic E-state index is 0.963. The SMILES string of the molecule is Cc1nn(C)c2nc(NCCCN(C)C)sc12. The Hall–Kier alpha value is -1.14. The molecule has 0 amide bonds. The van der Waals surface area contributed by atoms with Crippen LogP contribution in [0.15, 0.2) is 0 Å². The summed E-state index contributed by atoms with van der Waals surface area (Å²) in [5.41, 5.74) is 2.03. The summed E-state index contributed by atoms with van der Waals surface area (Å²) in [4.78, 5) is 6.73. The van der Waals surface area contributed by atoms with Gasteiger partial charge in [0, 0.05) is 13.6 Å². The Morgan fingerprint density at radius 3 is 2.82 bits per heavy atom. The summed E-state index contributed by atoms with van der Waals surface area (Å²) in [6.07, 6.45) is 1.13. The molecule has 0 radical (unpaired) electrons. The number of aryl methyl sites for hydroxylation is 2. The molecule has 0 fully saturated rings. The summed E-state index contributed by atoms with van der Waals surface area (Å²) >= 11 is 1.68. The van der Waals surface area contributed by atoms with Crippen LogP contribution in [0, 0.1) is 6.92 Å². The third-order valence-electron chi connectivity index (χ3n) is 2.60. The summed E-state index contributed by atoms with van der Waals surface area (Å²) in [6, 6.07) is 0. The number of rotatable bonds is 5. The highest BCUT2D eigenvalue weighted by Gasteiger charge is 2.10. The summed E-state index contributed by atoms with van der Waals surface area (Å²) in [6.45, 7) is 4.08. The van der Waals surface area contributed by atoms with Gasteiger partial charge in [-0.3, -0.25) is 0 Å². The van der Waals surface area contributed by atoms with E-state index in [9.17, 15) is 0 Å². The Bertz CT molecular complexity index is 465. The van der Waals surface area contributed by atoms with Crippen molar-refractivity contribution >= 4 is 26.8 Å². The Kier molecular flexibility index (Phi) is 3.63. The molecule has 1 N–H and O–H groups in total. The number of nitrogens with one attached hydrogen (secondary N) is 1. The highest BCUT2D eigenvalue weighted by molar-refractivity contribution is 7.22. The van der Waals surface area contributed by atoms with Gasteiger partial charge >= 0.3 is 0 Å². The molecule has 6 heteroatoms. The Morgan fingerprint density at radius 2 is 2.18 bits per heavy atom. The van der Waals surface area contributed by atoms with Crippen LogP contribution < -0.4 is 5.32 Å². The predicted octanol–water partition coefficient (Wildman–Crippen LogP) is 1.70. The fraction of sp³-hybridized carbons (Fsp3) is 0.636. The van der Waals surface area contributed by atoms with Gasteiger partial charge in [0.15, 0.2) is 10.8 Å². The van der Waals surface area contributed by atoms with Crippen LogP contribution in [-0.2, 0) is 7.05 Å². The Balaban J connectivity index is 1.98. The number of hydrogen-bond acceptors (Lipinski definition) is 5. The van der Waals surface area contributed by atoms with E-state index in [1.54, 1.807) is 11.3 Å². The maximum absolute atomic E-state index is 4.54. The first kappa shape index (κ1) is 12.3. The molecule has 2 aromatic heterocycles. The molecule has 0 aliphatic heterocycles. The number of nitrogens with zero attached hydrogens (tertiary/aromatic N) is 4. The van der Waals surface area contributed by atoms with Crippen LogP contribution in [0.4, 0.5) is 5.13 Å². The van der Waals surface area contributed by atoms with Crippen LogP contribution in [0.2, 0.25) is 0 Å². The summed E-state index contributed by atoms with van der Waals surface area (Å²) < 4.78 is 3.02. The quantitative estimate of drug-likeness (QED) is 0.824. The lowest BCUT2D eigenvalue weighted by molar-refractivity contribution is 0.405. The third-order valence-corrected chi connectivity index (χ3v) is 3.71. The van der Waals surface area contributed by atoms with Gasteiger partial charge in [-0.05, 0) is 34.0 Å². The van der Waals surface area contributed by atoms with Gasteiger partial charge in [0.1, 0.15) is 0 Å². The van der Waals surface area contributed by atoms with E-state index in [2.05, 4.69) is 34.4 Å². The molecule has 5 nitrogen and oxygen atoms in total. The highest BCUT2D eigenvalue weighted by atomic mass is 32.1. The van der Waals surface area contributed by atoms with E-state index >= 15 is 0 Å². The van der Waals surface area contributed by atoms with Crippen molar-refractivity contribution in [1.82, 2.24) is 19.7 Å². The molecule has 0 aliphatic rings. The van der Waals surface area contributed by atoms with E-state index < -0.39 is 0 Å². The molecule has 94 valence electrons. The van der Waals surface area contributed by atoms with E-state index in [0.29, 0.717) is 0 Å². The van der Waals surface area contributed by atoms with Gasteiger partial charge < -0.3 is 10.2 Å². The number of anilines is 1. The zero-order chi connectivity index (χ0) is 12.4. The molecule has 2 rings (SSSR count). The van der Waals surface area contributed by atoms with E-state index in [0.717, 1.165) is 36.0 Å². The van der Waals surface area contributed by atoms with Crippen LogP contribution in [0.1, 0.15) is 12.1 Å². The fourth-order valence-electron chi connectivity index (χ4n) is 1.75. The zero-order valence-electron chi connectivity index (χ0n) is 10.8. The molecule has 0 unspecified atom stereocenters. The molecule has 0 saturated heterocycles. The van der Waals surface area contributed by atoms with Crippen molar-refractivity contribution in [2.75, 3.05) is 32.5 Å². The van der Waals surface area contributed by atoms with Crippen molar-refractivity contribution in [3.63, 3.8) is 0 Å². The van der Waals surface area contributed by atoms with Gasteiger partial charge in [-0.2, -0.15) is 5.10 Å². The molecule has 0 aliphatic carbocycles. The molecular formula is C11H19N5S. The van der Waals surface area contributed by atoms with Crippen LogP contribution in [-0.4, -0.2) is 46.8 Å². The van der Waals surface area contributed by atoms with Crippen LogP contribution in [0.25, 0.3) is 10.3 Å². The van der Waals surface area contributed by atoms with Gasteiger partial charge in [-0.15, -0.1) is 0 Å². The molecule has 0 aromatic carbocycles. The second kappa shape index (κ2) is 5.01. The molecule has 0 spiro atoms. The standard InChI is InChI=1S/C11H19N5S/c1-8-9-10(16(4)14-8)13-11(17-9)12-6-5-7-15(2)3/h5-7H2,1-4H3,(H,12,13). The molecule has 2 heterocycles. The molecule has 17 heavy (non-hydrogen) atoms. The minimum Gasteiger partial charge on any atom is -0.361 e. The predicted molar refractivity (Wildman–Crippen MR) is 72.8 cm³/mol. The Labute approximate surface area is 105 Å². The topological polar surface area (TPSA) is 46.0 Å². The third kappa shape index (κ3) is 2.76. The second-order valence-electron chi connectivity index (χ2n) is 4.46. The molecule has 0 bridgehead atoms. The number of fused-ring (bicyclic) bond motifs is 1. The first-order valence-corrected chi connectivity index (χ1v) is 6.58. The van der Waals surface area contributed by atoms with Crippen molar-refractivity contribution in [2.45, 2.75) is 13.3 Å². The molecule has 0 atom stereocenters. The van der Waals surface area contributed by atoms with E-state index in [4.69, 9.17) is 0 Å². The fourth-order valence-corrected chi connectivity index (χ4v) is 2.71. The highest BCUT2D eigenvalue weighted by Crippen LogP contribution is 2.27. The van der Waals surface area contributed by atoms with Crippen LogP contribution in [0.3, 0.4) is 0 Å². The first-order chi connectivity index (χ1) is 8.08. The van der Waals surface area contributed by atoms with Gasteiger partial charge in [0.2, 0.25) is 0 Å². The molecule has 2 aromatic rings. The Morgan fingerprint density at radius 1 is 1.41 bits per heavy atom. The summed E-state index contributed by atoms with van der Waals surface area (Å²) in [7, 11) is 6.12. The lowest BCUT2D eigenvalue weighted by Gasteiger charge is -2.08. The van der Waals surface area contributed by atoms with Gasteiger partial charge in [0.25, 0.3) is 0 Å². The van der Waals surface area contributed by atoms with Gasteiger partial charge in [-0.1, -0.05) is 11.3 Å². The smallest absolute Gasteiger partial charge is 0.185 e. The maximum atomic E-state index is 4.54. The first-order valence-electron chi connectivity index (χ1n) is 5.76. The van der Waals surface area contributed by atoms with E-state index in [1.165, 1.54) is 4.70 Å². The van der Waals surface area contributed by atoms with Crippen molar-refractivity contribution in [3.05, 3.63) is 5.69 Å².